The maximum atomic E-state index is 12.0. The summed E-state index contributed by atoms with van der Waals surface area (Å²) in [5.74, 6) is -2.37. The van der Waals surface area contributed by atoms with Crippen molar-refractivity contribution < 1.29 is 45.4 Å². The topological polar surface area (TPSA) is 52.6 Å². The Balaban J connectivity index is 2.14. The Hall–Kier alpha value is -2.78. The molecule has 0 saturated carbocycles. The van der Waals surface area contributed by atoms with Gasteiger partial charge in [-0.05, 0) is 35.0 Å². The van der Waals surface area contributed by atoms with Gasteiger partial charge in [0.05, 0.1) is 11.1 Å². The van der Waals surface area contributed by atoms with Gasteiger partial charge in [-0.15, -0.1) is 0 Å². The molecule has 2 rings (SSSR count). The molecular formula is C16H10F6O4. The lowest BCUT2D eigenvalue weighted by molar-refractivity contribution is -0.161. The molecule has 140 valence electrons. The van der Waals surface area contributed by atoms with E-state index in [1.165, 1.54) is 36.4 Å². The van der Waals surface area contributed by atoms with Crippen LogP contribution in [0.3, 0.4) is 0 Å². The van der Waals surface area contributed by atoms with E-state index in [9.17, 15) is 35.9 Å². The highest BCUT2D eigenvalue weighted by atomic mass is 19.4. The Morgan fingerprint density at radius 1 is 0.692 bits per heavy atom. The molecule has 0 saturated heterocycles. The maximum absolute atomic E-state index is 12.0. The van der Waals surface area contributed by atoms with Crippen molar-refractivity contribution in [2.45, 2.75) is 12.4 Å². The molecule has 10 heteroatoms. The third-order valence-electron chi connectivity index (χ3n) is 3.05. The minimum atomic E-state index is -4.65. The molecule has 4 nitrogen and oxygen atoms in total. The highest BCUT2D eigenvalue weighted by Crippen LogP contribution is 2.21. The second kappa shape index (κ2) is 7.22. The van der Waals surface area contributed by atoms with Crippen LogP contribution in [-0.4, -0.2) is 37.5 Å². The van der Waals surface area contributed by atoms with E-state index >= 15 is 0 Å². The number of hydrogen-bond acceptors (Lipinski definition) is 4. The summed E-state index contributed by atoms with van der Waals surface area (Å²) >= 11 is 0. The van der Waals surface area contributed by atoms with Crippen molar-refractivity contribution in [1.82, 2.24) is 0 Å². The van der Waals surface area contributed by atoms with Crippen LogP contribution in [0.2, 0.25) is 0 Å². The molecule has 0 bridgehead atoms. The van der Waals surface area contributed by atoms with Gasteiger partial charge in [-0.2, -0.15) is 26.3 Å². The van der Waals surface area contributed by atoms with Crippen LogP contribution >= 0.6 is 0 Å². The lowest BCUT2D eigenvalue weighted by Crippen LogP contribution is -2.20. The molecule has 26 heavy (non-hydrogen) atoms. The minimum Gasteiger partial charge on any atom is -0.452 e. The van der Waals surface area contributed by atoms with E-state index in [4.69, 9.17) is 0 Å². The van der Waals surface area contributed by atoms with Crippen molar-refractivity contribution in [2.24, 2.45) is 0 Å². The average molecular weight is 380 g/mol. The van der Waals surface area contributed by atoms with E-state index < -0.39 is 37.5 Å². The highest BCUT2D eigenvalue weighted by molar-refractivity contribution is 5.99. The largest absolute Gasteiger partial charge is 0.452 e. The predicted octanol–water partition coefficient (Wildman–Crippen LogP) is 4.28. The van der Waals surface area contributed by atoms with Gasteiger partial charge in [0, 0.05) is 0 Å². The van der Waals surface area contributed by atoms with Crippen LogP contribution in [0, 0.1) is 0 Å². The zero-order valence-electron chi connectivity index (χ0n) is 12.8. The van der Waals surface area contributed by atoms with Crippen LogP contribution in [0.15, 0.2) is 36.4 Å². The summed E-state index contributed by atoms with van der Waals surface area (Å²) in [6, 6.07) is 7.45. The van der Waals surface area contributed by atoms with Gasteiger partial charge < -0.3 is 9.47 Å². The number of rotatable bonds is 4. The Bertz CT molecular complexity index is 756. The van der Waals surface area contributed by atoms with E-state index in [-0.39, 0.29) is 11.1 Å². The van der Waals surface area contributed by atoms with Crippen molar-refractivity contribution in [3.63, 3.8) is 0 Å². The third kappa shape index (κ3) is 5.64. The van der Waals surface area contributed by atoms with E-state index in [0.29, 0.717) is 10.8 Å². The van der Waals surface area contributed by atoms with Crippen molar-refractivity contribution in [1.29, 1.82) is 0 Å². The highest BCUT2D eigenvalue weighted by Gasteiger charge is 2.30. The minimum absolute atomic E-state index is 0.144. The van der Waals surface area contributed by atoms with Gasteiger partial charge in [0.15, 0.2) is 13.2 Å². The fourth-order valence-electron chi connectivity index (χ4n) is 1.96. The van der Waals surface area contributed by atoms with E-state index in [0.717, 1.165) is 0 Å². The van der Waals surface area contributed by atoms with E-state index in [1.807, 2.05) is 0 Å². The van der Waals surface area contributed by atoms with Gasteiger partial charge in [-0.25, -0.2) is 9.59 Å². The second-order valence-corrected chi connectivity index (χ2v) is 5.16. The summed E-state index contributed by atoms with van der Waals surface area (Å²) in [6.07, 6.45) is -9.31. The van der Waals surface area contributed by atoms with E-state index in [1.54, 1.807) is 0 Å². The number of carbonyl (C=O) groups excluding carboxylic acids is 2. The van der Waals surface area contributed by atoms with Gasteiger partial charge >= 0.3 is 24.3 Å². The van der Waals surface area contributed by atoms with Crippen LogP contribution in [0.1, 0.15) is 20.7 Å². The number of carbonyl (C=O) groups is 2. The molecule has 0 aliphatic rings. The lowest BCUT2D eigenvalue weighted by Gasteiger charge is -2.09. The van der Waals surface area contributed by atoms with Crippen molar-refractivity contribution >= 4 is 22.7 Å². The molecular weight excluding hydrogens is 370 g/mol. The number of benzene rings is 2. The smallest absolute Gasteiger partial charge is 0.422 e. The summed E-state index contributed by atoms with van der Waals surface area (Å²) in [6.45, 7) is -3.46. The molecule has 2 aromatic rings. The standard InChI is InChI=1S/C16H10F6O4/c17-15(18,19)7-25-13(23)11-3-1-9-5-12(4-2-10(9)6-11)14(24)26-8-16(20,21)22/h1-6H,7-8H2. The zero-order chi connectivity index (χ0) is 19.5. The Morgan fingerprint density at radius 2 is 1.04 bits per heavy atom. The van der Waals surface area contributed by atoms with Gasteiger partial charge in [-0.3, -0.25) is 0 Å². The molecule has 0 unspecified atom stereocenters. The SMILES string of the molecule is O=C(OCC(F)(F)F)c1ccc2cc(C(=O)OCC(F)(F)F)ccc2c1. The normalized spacial score (nSPS) is 12.1. The molecule has 0 spiro atoms. The van der Waals surface area contributed by atoms with Crippen LogP contribution in [0.5, 0.6) is 0 Å². The van der Waals surface area contributed by atoms with Crippen LogP contribution in [-0.2, 0) is 9.47 Å². The van der Waals surface area contributed by atoms with Gasteiger partial charge in [0.1, 0.15) is 0 Å². The van der Waals surface area contributed by atoms with Crippen LogP contribution < -0.4 is 0 Å². The maximum Gasteiger partial charge on any atom is 0.422 e. The molecule has 0 fully saturated rings. The van der Waals surface area contributed by atoms with Crippen LogP contribution in [0.4, 0.5) is 26.3 Å². The predicted molar refractivity (Wildman–Crippen MR) is 76.6 cm³/mol. The molecule has 0 atom stereocenters. The van der Waals surface area contributed by atoms with Crippen molar-refractivity contribution in [3.05, 3.63) is 47.5 Å². The molecule has 0 aromatic heterocycles. The number of esters is 2. The summed E-state index contributed by atoms with van der Waals surface area (Å²) in [7, 11) is 0. The second-order valence-electron chi connectivity index (χ2n) is 5.16. The Labute approximate surface area is 142 Å². The number of alkyl halides is 6. The molecule has 0 radical (unpaired) electrons. The Kier molecular flexibility index (Phi) is 5.43. The van der Waals surface area contributed by atoms with Gasteiger partial charge in [-0.1, -0.05) is 12.1 Å². The Morgan fingerprint density at radius 3 is 1.35 bits per heavy atom. The number of halogens is 6. The number of fused-ring (bicyclic) bond motifs is 1. The fraction of sp³-hybridized carbons (Fsp3) is 0.250. The zero-order valence-corrected chi connectivity index (χ0v) is 12.8. The van der Waals surface area contributed by atoms with Crippen molar-refractivity contribution in [2.75, 3.05) is 13.2 Å². The molecule has 0 heterocycles. The van der Waals surface area contributed by atoms with E-state index in [2.05, 4.69) is 9.47 Å². The van der Waals surface area contributed by atoms with Crippen LogP contribution in [0.25, 0.3) is 10.8 Å². The molecule has 0 N–H and O–H groups in total. The number of hydrogen-bond donors (Lipinski definition) is 0. The first kappa shape index (κ1) is 19.5. The monoisotopic (exact) mass is 380 g/mol. The molecule has 0 aliphatic heterocycles. The number of ether oxygens (including phenoxy) is 2. The van der Waals surface area contributed by atoms with Crippen molar-refractivity contribution in [3.8, 4) is 0 Å². The first-order chi connectivity index (χ1) is 11.9. The first-order valence-electron chi connectivity index (χ1n) is 6.96. The summed E-state index contributed by atoms with van der Waals surface area (Å²) in [4.78, 5) is 23.2. The van der Waals surface area contributed by atoms with Gasteiger partial charge in [0.2, 0.25) is 0 Å². The van der Waals surface area contributed by atoms with Gasteiger partial charge in [0.25, 0.3) is 0 Å². The first-order valence-corrected chi connectivity index (χ1v) is 6.96. The molecule has 0 aliphatic carbocycles. The third-order valence-corrected chi connectivity index (χ3v) is 3.05. The lowest BCUT2D eigenvalue weighted by atomic mass is 10.0. The average Bonchev–Trinajstić information content (AvgIpc) is 2.55. The molecule has 2 aromatic carbocycles. The molecule has 0 amide bonds. The quantitative estimate of drug-likeness (QED) is 0.587. The fourth-order valence-corrected chi connectivity index (χ4v) is 1.96. The summed E-state index contributed by atoms with van der Waals surface area (Å²) in [5, 5.41) is 0.748. The summed E-state index contributed by atoms with van der Waals surface area (Å²) in [5.41, 5.74) is -0.289. The summed E-state index contributed by atoms with van der Waals surface area (Å²) < 4.78 is 80.5.